The largest absolute Gasteiger partial charge is 0.496 e. The number of aryl methyl sites for hydroxylation is 1. The molecule has 1 aromatic carbocycles. The summed E-state index contributed by atoms with van der Waals surface area (Å²) in [6, 6.07) is 4.87. The molecule has 0 saturated carbocycles. The van der Waals surface area contributed by atoms with Crippen LogP contribution in [0.3, 0.4) is 0 Å². The fraction of sp³-hybridized carbons (Fsp3) is 0.409. The molecular formula is C22H27NO6. The van der Waals surface area contributed by atoms with Gasteiger partial charge in [0, 0.05) is 23.4 Å². The van der Waals surface area contributed by atoms with Crippen molar-refractivity contribution in [3.8, 4) is 5.75 Å². The molecule has 2 rings (SSSR count). The van der Waals surface area contributed by atoms with E-state index in [-0.39, 0.29) is 11.5 Å². The Hall–Kier alpha value is -2.93. The molecule has 0 aliphatic carbocycles. The van der Waals surface area contributed by atoms with E-state index in [1.54, 1.807) is 39.2 Å². The van der Waals surface area contributed by atoms with Crippen molar-refractivity contribution in [3.63, 3.8) is 0 Å². The number of aromatic amines is 1. The van der Waals surface area contributed by atoms with Gasteiger partial charge in [-0.1, -0.05) is 0 Å². The van der Waals surface area contributed by atoms with Gasteiger partial charge in [-0.25, -0.2) is 4.79 Å². The molecule has 2 aromatic rings. The van der Waals surface area contributed by atoms with Crippen LogP contribution < -0.4 is 4.74 Å². The number of hydrogen-bond acceptors (Lipinski definition) is 6. The minimum absolute atomic E-state index is 0.125. The SMILES string of the molecule is CCOCc1cc(C(=O)O[C@H](C)C(=O)c2[nH]c(C)c(C(C)=O)c2C)ccc1OC. The molecule has 0 aliphatic heterocycles. The number of carbonyl (C=O) groups excluding carboxylic acids is 3. The van der Waals surface area contributed by atoms with Crippen molar-refractivity contribution in [2.24, 2.45) is 0 Å². The average Bonchev–Trinajstić information content (AvgIpc) is 2.99. The van der Waals surface area contributed by atoms with Crippen LogP contribution in [0.15, 0.2) is 18.2 Å². The van der Waals surface area contributed by atoms with Gasteiger partial charge in [0.15, 0.2) is 11.9 Å². The fourth-order valence-electron chi connectivity index (χ4n) is 3.24. The number of ether oxygens (including phenoxy) is 3. The van der Waals surface area contributed by atoms with Gasteiger partial charge in [0.2, 0.25) is 5.78 Å². The molecular weight excluding hydrogens is 374 g/mol. The van der Waals surface area contributed by atoms with Gasteiger partial charge >= 0.3 is 5.97 Å². The van der Waals surface area contributed by atoms with Gasteiger partial charge in [0.05, 0.1) is 25.0 Å². The standard InChI is InChI=1S/C22H27NO6/c1-7-28-11-17-10-16(8-9-18(17)27-6)22(26)29-15(5)21(25)20-12(2)19(14(4)24)13(3)23-20/h8-10,15,23H,7,11H2,1-6H3/t15-/m1/s1. The molecule has 7 nitrogen and oxygen atoms in total. The predicted molar refractivity (Wildman–Crippen MR) is 108 cm³/mol. The van der Waals surface area contributed by atoms with Crippen molar-refractivity contribution >= 4 is 17.5 Å². The van der Waals surface area contributed by atoms with E-state index in [9.17, 15) is 14.4 Å². The van der Waals surface area contributed by atoms with Crippen molar-refractivity contribution in [1.29, 1.82) is 0 Å². The van der Waals surface area contributed by atoms with Crippen LogP contribution in [0.5, 0.6) is 5.75 Å². The van der Waals surface area contributed by atoms with Gasteiger partial charge in [-0.05, 0) is 58.4 Å². The molecule has 0 bridgehead atoms. The zero-order chi connectivity index (χ0) is 21.7. The maximum atomic E-state index is 12.8. The average molecular weight is 401 g/mol. The Morgan fingerprint density at radius 3 is 2.41 bits per heavy atom. The van der Waals surface area contributed by atoms with E-state index in [4.69, 9.17) is 14.2 Å². The van der Waals surface area contributed by atoms with Gasteiger partial charge in [-0.2, -0.15) is 0 Å². The van der Waals surface area contributed by atoms with E-state index in [1.165, 1.54) is 13.8 Å². The number of nitrogens with one attached hydrogen (secondary N) is 1. The van der Waals surface area contributed by atoms with Crippen LogP contribution in [-0.2, 0) is 16.1 Å². The summed E-state index contributed by atoms with van der Waals surface area (Å²) in [6.07, 6.45) is -1.02. The first kappa shape index (κ1) is 22.4. The molecule has 0 saturated heterocycles. The van der Waals surface area contributed by atoms with Gasteiger partial charge < -0.3 is 19.2 Å². The van der Waals surface area contributed by atoms with E-state index in [0.717, 1.165) is 0 Å². The van der Waals surface area contributed by atoms with E-state index in [0.29, 0.717) is 46.9 Å². The summed E-state index contributed by atoms with van der Waals surface area (Å²) in [7, 11) is 1.54. The Morgan fingerprint density at radius 2 is 1.86 bits per heavy atom. The quantitative estimate of drug-likeness (QED) is 0.507. The van der Waals surface area contributed by atoms with E-state index < -0.39 is 17.9 Å². The second-order valence-corrected chi connectivity index (χ2v) is 6.76. The summed E-state index contributed by atoms with van der Waals surface area (Å²) in [5.41, 5.74) is 2.95. The molecule has 0 aliphatic rings. The van der Waals surface area contributed by atoms with E-state index in [2.05, 4.69) is 4.98 Å². The topological polar surface area (TPSA) is 94.7 Å². The fourth-order valence-corrected chi connectivity index (χ4v) is 3.24. The monoisotopic (exact) mass is 401 g/mol. The molecule has 0 unspecified atom stereocenters. The number of ketones is 2. The lowest BCUT2D eigenvalue weighted by Crippen LogP contribution is -2.25. The van der Waals surface area contributed by atoms with Crippen LogP contribution in [0.25, 0.3) is 0 Å². The summed E-state index contributed by atoms with van der Waals surface area (Å²) in [4.78, 5) is 40.0. The number of rotatable bonds is 9. The second kappa shape index (κ2) is 9.52. The lowest BCUT2D eigenvalue weighted by molar-refractivity contribution is 0.0316. The van der Waals surface area contributed by atoms with Crippen molar-refractivity contribution < 1.29 is 28.6 Å². The number of Topliss-reactive ketones (excluding diaryl/α,β-unsaturated/α-hetero) is 2. The summed E-state index contributed by atoms with van der Waals surface area (Å²) in [5.74, 6) is -0.540. The Kier molecular flexibility index (Phi) is 7.34. The maximum absolute atomic E-state index is 12.8. The highest BCUT2D eigenvalue weighted by Gasteiger charge is 2.26. The third-order valence-corrected chi connectivity index (χ3v) is 4.67. The van der Waals surface area contributed by atoms with Gasteiger partial charge in [-0.3, -0.25) is 9.59 Å². The minimum Gasteiger partial charge on any atom is -0.496 e. The molecule has 0 amide bonds. The highest BCUT2D eigenvalue weighted by molar-refractivity contribution is 6.05. The zero-order valence-corrected chi connectivity index (χ0v) is 17.7. The highest BCUT2D eigenvalue weighted by atomic mass is 16.5. The number of carbonyl (C=O) groups is 3. The van der Waals surface area contributed by atoms with Gasteiger partial charge in [0.25, 0.3) is 0 Å². The minimum atomic E-state index is -1.02. The smallest absolute Gasteiger partial charge is 0.338 e. The summed E-state index contributed by atoms with van der Waals surface area (Å²) < 4.78 is 16.1. The van der Waals surface area contributed by atoms with Crippen LogP contribution in [0.2, 0.25) is 0 Å². The van der Waals surface area contributed by atoms with Gasteiger partial charge in [0.1, 0.15) is 5.75 Å². The van der Waals surface area contributed by atoms with Crippen LogP contribution in [0, 0.1) is 13.8 Å². The number of esters is 1. The van der Waals surface area contributed by atoms with Crippen molar-refractivity contribution in [2.45, 2.75) is 47.3 Å². The van der Waals surface area contributed by atoms with Crippen LogP contribution in [0.1, 0.15) is 68.8 Å². The first-order chi connectivity index (χ1) is 13.7. The molecule has 156 valence electrons. The third-order valence-electron chi connectivity index (χ3n) is 4.67. The lowest BCUT2D eigenvalue weighted by Gasteiger charge is -2.14. The third kappa shape index (κ3) is 4.92. The number of aromatic nitrogens is 1. The summed E-state index contributed by atoms with van der Waals surface area (Å²) in [5, 5.41) is 0. The number of methoxy groups -OCH3 is 1. The summed E-state index contributed by atoms with van der Waals surface area (Å²) in [6.45, 7) is 9.09. The molecule has 1 heterocycles. The molecule has 7 heteroatoms. The molecule has 1 N–H and O–H groups in total. The number of hydrogen-bond donors (Lipinski definition) is 1. The first-order valence-corrected chi connectivity index (χ1v) is 9.41. The Morgan fingerprint density at radius 1 is 1.17 bits per heavy atom. The van der Waals surface area contributed by atoms with Crippen molar-refractivity contribution in [2.75, 3.05) is 13.7 Å². The van der Waals surface area contributed by atoms with E-state index in [1.807, 2.05) is 6.92 Å². The molecule has 1 aromatic heterocycles. The predicted octanol–water partition coefficient (Wildman–Crippen LogP) is 3.81. The maximum Gasteiger partial charge on any atom is 0.338 e. The number of benzene rings is 1. The molecule has 0 fully saturated rings. The molecule has 0 spiro atoms. The molecule has 0 radical (unpaired) electrons. The van der Waals surface area contributed by atoms with Crippen LogP contribution in [-0.4, -0.2) is 42.3 Å². The van der Waals surface area contributed by atoms with Crippen LogP contribution in [0.4, 0.5) is 0 Å². The Balaban J connectivity index is 2.19. The van der Waals surface area contributed by atoms with E-state index >= 15 is 0 Å². The van der Waals surface area contributed by atoms with Crippen LogP contribution >= 0.6 is 0 Å². The number of H-pyrrole nitrogens is 1. The molecule has 29 heavy (non-hydrogen) atoms. The highest BCUT2D eigenvalue weighted by Crippen LogP contribution is 2.23. The normalized spacial score (nSPS) is 11.8. The zero-order valence-electron chi connectivity index (χ0n) is 17.7. The van der Waals surface area contributed by atoms with Gasteiger partial charge in [-0.15, -0.1) is 0 Å². The first-order valence-electron chi connectivity index (χ1n) is 9.41. The van der Waals surface area contributed by atoms with Crippen molar-refractivity contribution in [1.82, 2.24) is 4.98 Å². The summed E-state index contributed by atoms with van der Waals surface area (Å²) >= 11 is 0. The van der Waals surface area contributed by atoms with Crippen molar-refractivity contribution in [3.05, 3.63) is 51.8 Å². The second-order valence-electron chi connectivity index (χ2n) is 6.76. The molecule has 1 atom stereocenters. The Bertz CT molecular complexity index is 928. The lowest BCUT2D eigenvalue weighted by atomic mass is 10.0. The Labute approximate surface area is 170 Å².